The number of hydrogen-bond acceptors (Lipinski definition) is 3. The average molecular weight is 419 g/mol. The first-order valence-corrected chi connectivity index (χ1v) is 10.0. The second-order valence-electron chi connectivity index (χ2n) is 7.11. The summed E-state index contributed by atoms with van der Waals surface area (Å²) >= 11 is 6.06. The van der Waals surface area contributed by atoms with E-state index < -0.39 is 0 Å². The third-order valence-electron chi connectivity index (χ3n) is 5.12. The molecule has 0 aliphatic carbocycles. The molecule has 29 heavy (non-hydrogen) atoms. The Morgan fingerprint density at radius 3 is 2.45 bits per heavy atom. The highest BCUT2D eigenvalue weighted by molar-refractivity contribution is 6.32. The second-order valence-corrected chi connectivity index (χ2v) is 7.52. The van der Waals surface area contributed by atoms with E-state index in [1.165, 1.54) is 24.3 Å². The smallest absolute Gasteiger partial charge is 0.253 e. The SMILES string of the molecule is CN(CCOc1ccccc1Cl)C(=O)C1CCN(C(=O)c2ccc(F)cc2)CC1. The number of amides is 2. The number of rotatable bonds is 6. The highest BCUT2D eigenvalue weighted by Gasteiger charge is 2.29. The molecule has 2 amide bonds. The topological polar surface area (TPSA) is 49.9 Å². The number of likely N-dealkylation sites (N-methyl/N-ethyl adjacent to an activating group) is 1. The van der Waals surface area contributed by atoms with Crippen LogP contribution in [0.25, 0.3) is 0 Å². The van der Waals surface area contributed by atoms with E-state index >= 15 is 0 Å². The minimum Gasteiger partial charge on any atom is -0.490 e. The van der Waals surface area contributed by atoms with Gasteiger partial charge in [-0.1, -0.05) is 23.7 Å². The summed E-state index contributed by atoms with van der Waals surface area (Å²) in [7, 11) is 1.76. The van der Waals surface area contributed by atoms with Crippen LogP contribution in [0.1, 0.15) is 23.2 Å². The lowest BCUT2D eigenvalue weighted by Gasteiger charge is -2.33. The zero-order valence-corrected chi connectivity index (χ0v) is 17.1. The van der Waals surface area contributed by atoms with Gasteiger partial charge in [-0.05, 0) is 49.2 Å². The lowest BCUT2D eigenvalue weighted by Crippen LogP contribution is -2.44. The van der Waals surface area contributed by atoms with E-state index in [4.69, 9.17) is 16.3 Å². The quantitative estimate of drug-likeness (QED) is 0.715. The molecule has 1 aliphatic rings. The molecular formula is C22H24ClFN2O3. The molecular weight excluding hydrogens is 395 g/mol. The van der Waals surface area contributed by atoms with Gasteiger partial charge in [0.25, 0.3) is 5.91 Å². The molecule has 0 unspecified atom stereocenters. The van der Waals surface area contributed by atoms with E-state index in [0.29, 0.717) is 55.4 Å². The first-order chi connectivity index (χ1) is 14.0. The van der Waals surface area contributed by atoms with Crippen LogP contribution in [0.5, 0.6) is 5.75 Å². The normalized spacial score (nSPS) is 14.5. The fraction of sp³-hybridized carbons (Fsp3) is 0.364. The molecule has 0 bridgehead atoms. The van der Waals surface area contributed by atoms with Gasteiger partial charge >= 0.3 is 0 Å². The zero-order chi connectivity index (χ0) is 20.8. The fourth-order valence-electron chi connectivity index (χ4n) is 3.38. The number of halogens is 2. The molecule has 0 saturated carbocycles. The van der Waals surface area contributed by atoms with Crippen LogP contribution in [-0.2, 0) is 4.79 Å². The molecule has 7 heteroatoms. The Kier molecular flexibility index (Phi) is 7.09. The molecule has 0 atom stereocenters. The lowest BCUT2D eigenvalue weighted by atomic mass is 9.95. The van der Waals surface area contributed by atoms with E-state index in [2.05, 4.69) is 0 Å². The molecule has 0 N–H and O–H groups in total. The van der Waals surface area contributed by atoms with Gasteiger partial charge in [0.1, 0.15) is 18.2 Å². The van der Waals surface area contributed by atoms with E-state index in [1.54, 1.807) is 29.0 Å². The van der Waals surface area contributed by atoms with E-state index in [9.17, 15) is 14.0 Å². The van der Waals surface area contributed by atoms with Gasteiger partial charge < -0.3 is 14.5 Å². The molecule has 5 nitrogen and oxygen atoms in total. The van der Waals surface area contributed by atoms with Crippen molar-refractivity contribution >= 4 is 23.4 Å². The minimum absolute atomic E-state index is 0.0571. The van der Waals surface area contributed by atoms with Crippen LogP contribution in [0.2, 0.25) is 5.02 Å². The van der Waals surface area contributed by atoms with Gasteiger partial charge in [0.05, 0.1) is 11.6 Å². The second kappa shape index (κ2) is 9.74. The Morgan fingerprint density at radius 1 is 1.14 bits per heavy atom. The lowest BCUT2D eigenvalue weighted by molar-refractivity contribution is -0.135. The Hall–Kier alpha value is -2.60. The Labute approximate surface area is 175 Å². The Bertz CT molecular complexity index is 851. The fourth-order valence-corrected chi connectivity index (χ4v) is 3.57. The number of carbonyl (C=O) groups excluding carboxylic acids is 2. The van der Waals surface area contributed by atoms with E-state index in [0.717, 1.165) is 0 Å². The van der Waals surface area contributed by atoms with Crippen molar-refractivity contribution in [2.45, 2.75) is 12.8 Å². The highest BCUT2D eigenvalue weighted by atomic mass is 35.5. The number of piperidine rings is 1. The molecule has 154 valence electrons. The van der Waals surface area contributed by atoms with Crippen molar-refractivity contribution in [3.05, 3.63) is 64.9 Å². The Balaban J connectivity index is 1.44. The molecule has 0 radical (unpaired) electrons. The van der Waals surface area contributed by atoms with E-state index in [1.807, 2.05) is 12.1 Å². The average Bonchev–Trinajstić information content (AvgIpc) is 2.74. The molecule has 0 spiro atoms. The van der Waals surface area contributed by atoms with Gasteiger partial charge in [0.2, 0.25) is 5.91 Å². The molecule has 0 aromatic heterocycles. The third kappa shape index (κ3) is 5.48. The van der Waals surface area contributed by atoms with Crippen LogP contribution in [0, 0.1) is 11.7 Å². The number of hydrogen-bond donors (Lipinski definition) is 0. The monoisotopic (exact) mass is 418 g/mol. The number of likely N-dealkylation sites (tertiary alicyclic amines) is 1. The van der Waals surface area contributed by atoms with Crippen LogP contribution >= 0.6 is 11.6 Å². The van der Waals surface area contributed by atoms with Crippen LogP contribution in [0.15, 0.2) is 48.5 Å². The predicted molar refractivity (Wildman–Crippen MR) is 110 cm³/mol. The van der Waals surface area contributed by atoms with Crippen molar-refractivity contribution < 1.29 is 18.7 Å². The predicted octanol–water partition coefficient (Wildman–Crippen LogP) is 3.87. The van der Waals surface area contributed by atoms with Crippen LogP contribution < -0.4 is 4.74 Å². The van der Waals surface area contributed by atoms with Gasteiger partial charge in [-0.15, -0.1) is 0 Å². The minimum atomic E-state index is -0.368. The highest BCUT2D eigenvalue weighted by Crippen LogP contribution is 2.23. The van der Waals surface area contributed by atoms with Gasteiger partial charge in [0.15, 0.2) is 0 Å². The number of para-hydroxylation sites is 1. The van der Waals surface area contributed by atoms with Crippen molar-refractivity contribution in [1.29, 1.82) is 0 Å². The maximum absolute atomic E-state index is 13.0. The van der Waals surface area contributed by atoms with Crippen LogP contribution in [0.3, 0.4) is 0 Å². The summed E-state index contributed by atoms with van der Waals surface area (Å²) in [6.07, 6.45) is 1.23. The number of benzene rings is 2. The summed E-state index contributed by atoms with van der Waals surface area (Å²) in [5.74, 6) is 0.0478. The van der Waals surface area contributed by atoms with Crippen LogP contribution in [-0.4, -0.2) is 54.9 Å². The van der Waals surface area contributed by atoms with Crippen LogP contribution in [0.4, 0.5) is 4.39 Å². The van der Waals surface area contributed by atoms with Crippen molar-refractivity contribution in [3.63, 3.8) is 0 Å². The van der Waals surface area contributed by atoms with Crippen molar-refractivity contribution in [2.75, 3.05) is 33.3 Å². The van der Waals surface area contributed by atoms with Crippen molar-refractivity contribution in [1.82, 2.24) is 9.80 Å². The van der Waals surface area contributed by atoms with Crippen molar-refractivity contribution in [2.24, 2.45) is 5.92 Å². The number of ether oxygens (including phenoxy) is 1. The summed E-state index contributed by atoms with van der Waals surface area (Å²) in [6, 6.07) is 12.8. The van der Waals surface area contributed by atoms with Gasteiger partial charge in [-0.2, -0.15) is 0 Å². The van der Waals surface area contributed by atoms with Gasteiger partial charge in [0, 0.05) is 31.6 Å². The number of carbonyl (C=O) groups is 2. The summed E-state index contributed by atoms with van der Waals surface area (Å²) in [5, 5.41) is 0.541. The summed E-state index contributed by atoms with van der Waals surface area (Å²) in [6.45, 7) is 1.83. The molecule has 1 heterocycles. The maximum Gasteiger partial charge on any atom is 0.253 e. The largest absolute Gasteiger partial charge is 0.490 e. The number of nitrogens with zero attached hydrogens (tertiary/aromatic N) is 2. The molecule has 2 aromatic rings. The summed E-state index contributed by atoms with van der Waals surface area (Å²) in [5.41, 5.74) is 0.463. The molecule has 1 fully saturated rings. The first kappa shape index (κ1) is 21.1. The zero-order valence-electron chi connectivity index (χ0n) is 16.3. The maximum atomic E-state index is 13.0. The summed E-state index contributed by atoms with van der Waals surface area (Å²) in [4.78, 5) is 28.6. The first-order valence-electron chi connectivity index (χ1n) is 9.63. The molecule has 3 rings (SSSR count). The van der Waals surface area contributed by atoms with Crippen molar-refractivity contribution in [3.8, 4) is 5.75 Å². The molecule has 1 saturated heterocycles. The third-order valence-corrected chi connectivity index (χ3v) is 5.43. The van der Waals surface area contributed by atoms with E-state index in [-0.39, 0.29) is 23.5 Å². The standard InChI is InChI=1S/C22H24ClFN2O3/c1-25(14-15-29-20-5-3-2-4-19(20)23)21(27)17-10-12-26(13-11-17)22(28)16-6-8-18(24)9-7-16/h2-9,17H,10-15H2,1H3. The van der Waals surface area contributed by atoms with Gasteiger partial charge in [-0.3, -0.25) is 9.59 Å². The summed E-state index contributed by atoms with van der Waals surface area (Å²) < 4.78 is 18.7. The molecule has 1 aliphatic heterocycles. The molecule has 2 aromatic carbocycles. The van der Waals surface area contributed by atoms with Gasteiger partial charge in [-0.25, -0.2) is 4.39 Å². The Morgan fingerprint density at radius 2 is 1.79 bits per heavy atom.